The van der Waals surface area contributed by atoms with Crippen molar-refractivity contribution in [3.05, 3.63) is 24.3 Å². The van der Waals surface area contributed by atoms with Crippen LogP contribution in [0.5, 0.6) is 0 Å². The summed E-state index contributed by atoms with van der Waals surface area (Å²) in [7, 11) is 0. The van der Waals surface area contributed by atoms with Gasteiger partial charge in [-0.2, -0.15) is 4.89 Å². The summed E-state index contributed by atoms with van der Waals surface area (Å²) in [5.41, 5.74) is 0. The maximum absolute atomic E-state index is 10.7. The molecule has 0 aliphatic heterocycles. The van der Waals surface area contributed by atoms with Gasteiger partial charge < -0.3 is 9.53 Å². The molecule has 1 atom stereocenters. The molecule has 0 aromatic carbocycles. The molecule has 0 aliphatic carbocycles. The third-order valence-corrected chi connectivity index (χ3v) is 2.63. The van der Waals surface area contributed by atoms with Crippen molar-refractivity contribution in [2.75, 3.05) is 6.61 Å². The van der Waals surface area contributed by atoms with Gasteiger partial charge >= 0.3 is 5.97 Å². The number of ether oxygens (including phenoxy) is 1. The molecular weight excluding hydrogens is 284 g/mol. The Kier molecular flexibility index (Phi) is 14.9. The lowest BCUT2D eigenvalue weighted by molar-refractivity contribution is -0.352. The van der Waals surface area contributed by atoms with Crippen molar-refractivity contribution >= 4 is 12.3 Å². The second-order valence-electron chi connectivity index (χ2n) is 4.81. The largest absolute Gasteiger partial charge is 0.349 e. The minimum atomic E-state index is -0.517. The Bertz CT molecular complexity index is 336. The van der Waals surface area contributed by atoms with Gasteiger partial charge in [0.2, 0.25) is 6.29 Å². The Morgan fingerprint density at radius 1 is 1.00 bits per heavy atom. The molecule has 1 unspecified atom stereocenters. The van der Waals surface area contributed by atoms with Crippen LogP contribution >= 0.6 is 0 Å². The number of rotatable bonds is 14. The Balaban J connectivity index is 3.75. The summed E-state index contributed by atoms with van der Waals surface area (Å²) in [5, 5.41) is 0. The molecule has 22 heavy (non-hydrogen) atoms. The fourth-order valence-corrected chi connectivity index (χ4v) is 1.59. The summed E-state index contributed by atoms with van der Waals surface area (Å²) in [4.78, 5) is 30.3. The van der Waals surface area contributed by atoms with Gasteiger partial charge in [-0.15, -0.1) is 0 Å². The molecule has 0 aromatic heterocycles. The van der Waals surface area contributed by atoms with E-state index < -0.39 is 12.3 Å². The summed E-state index contributed by atoms with van der Waals surface area (Å²) in [6, 6.07) is 0. The zero-order valence-electron chi connectivity index (χ0n) is 13.7. The maximum atomic E-state index is 10.7. The summed E-state index contributed by atoms with van der Waals surface area (Å²) < 4.78 is 5.45. The second kappa shape index (κ2) is 15.9. The van der Waals surface area contributed by atoms with E-state index in [-0.39, 0.29) is 0 Å². The fraction of sp³-hybridized carbons (Fsp3) is 0.647. The van der Waals surface area contributed by atoms with Gasteiger partial charge in [0.25, 0.3) is 0 Å². The van der Waals surface area contributed by atoms with Crippen molar-refractivity contribution in [2.45, 2.75) is 65.1 Å². The molecule has 0 heterocycles. The van der Waals surface area contributed by atoms with Crippen molar-refractivity contribution in [3.8, 4) is 0 Å². The van der Waals surface area contributed by atoms with Crippen LogP contribution in [-0.4, -0.2) is 25.2 Å². The van der Waals surface area contributed by atoms with Crippen LogP contribution in [0.2, 0.25) is 0 Å². The van der Waals surface area contributed by atoms with E-state index in [9.17, 15) is 9.59 Å². The summed E-state index contributed by atoms with van der Waals surface area (Å²) in [6.45, 7) is 3.87. The Morgan fingerprint density at radius 2 is 1.59 bits per heavy atom. The number of hydrogen-bond donors (Lipinski definition) is 0. The highest BCUT2D eigenvalue weighted by atomic mass is 17.2. The third kappa shape index (κ3) is 14.9. The molecule has 0 aliphatic rings. The van der Waals surface area contributed by atoms with Crippen LogP contribution in [0.1, 0.15) is 58.8 Å². The number of aldehydes is 1. The van der Waals surface area contributed by atoms with E-state index in [0.29, 0.717) is 19.4 Å². The van der Waals surface area contributed by atoms with Crippen molar-refractivity contribution in [2.24, 2.45) is 0 Å². The molecule has 0 amide bonds. The molecule has 0 saturated heterocycles. The maximum Gasteiger partial charge on any atom is 0.339 e. The molecule has 0 N–H and O–H groups in total. The normalized spacial score (nSPS) is 12.8. The summed E-state index contributed by atoms with van der Waals surface area (Å²) in [6.07, 6.45) is 14.4. The minimum Gasteiger partial charge on any atom is -0.349 e. The van der Waals surface area contributed by atoms with Crippen LogP contribution in [0.15, 0.2) is 24.3 Å². The summed E-state index contributed by atoms with van der Waals surface area (Å²) in [5.74, 6) is -0.484. The van der Waals surface area contributed by atoms with E-state index in [4.69, 9.17) is 9.62 Å². The van der Waals surface area contributed by atoms with E-state index in [1.54, 1.807) is 0 Å². The van der Waals surface area contributed by atoms with Crippen LogP contribution in [0, 0.1) is 0 Å². The molecule has 0 spiro atoms. The molecule has 0 rings (SSSR count). The monoisotopic (exact) mass is 312 g/mol. The average Bonchev–Trinajstić information content (AvgIpc) is 2.50. The first-order valence-electron chi connectivity index (χ1n) is 7.89. The Hall–Kier alpha value is -1.46. The zero-order chi connectivity index (χ0) is 16.5. The van der Waals surface area contributed by atoms with E-state index in [2.05, 4.69) is 23.1 Å². The topological polar surface area (TPSA) is 61.8 Å². The second-order valence-corrected chi connectivity index (χ2v) is 4.81. The van der Waals surface area contributed by atoms with Gasteiger partial charge in [0.15, 0.2) is 0 Å². The number of unbranched alkanes of at least 4 members (excludes halogenated alkanes) is 2. The number of carbonyl (C=O) groups excluding carboxylic acids is 2. The molecule has 5 nitrogen and oxygen atoms in total. The van der Waals surface area contributed by atoms with Gasteiger partial charge in [0.1, 0.15) is 6.29 Å². The third-order valence-electron chi connectivity index (χ3n) is 2.63. The first-order valence-corrected chi connectivity index (χ1v) is 7.89. The van der Waals surface area contributed by atoms with Crippen molar-refractivity contribution in [1.82, 2.24) is 0 Å². The van der Waals surface area contributed by atoms with Gasteiger partial charge in [0, 0.05) is 26.4 Å². The zero-order valence-corrected chi connectivity index (χ0v) is 13.7. The average molecular weight is 312 g/mol. The van der Waals surface area contributed by atoms with Gasteiger partial charge in [-0.05, 0) is 32.1 Å². The highest BCUT2D eigenvalue weighted by molar-refractivity contribution is 5.65. The fourth-order valence-electron chi connectivity index (χ4n) is 1.59. The lowest BCUT2D eigenvalue weighted by Crippen LogP contribution is -2.19. The molecule has 5 heteroatoms. The van der Waals surface area contributed by atoms with Crippen LogP contribution in [0.4, 0.5) is 0 Å². The van der Waals surface area contributed by atoms with Gasteiger partial charge in [0.05, 0.1) is 0 Å². The van der Waals surface area contributed by atoms with E-state index in [1.165, 1.54) is 6.92 Å². The van der Waals surface area contributed by atoms with Crippen LogP contribution in [0.3, 0.4) is 0 Å². The molecule has 0 fully saturated rings. The van der Waals surface area contributed by atoms with Crippen LogP contribution in [0.25, 0.3) is 0 Å². The van der Waals surface area contributed by atoms with Gasteiger partial charge in [-0.1, -0.05) is 31.2 Å². The first kappa shape index (κ1) is 20.5. The van der Waals surface area contributed by atoms with Crippen molar-refractivity contribution in [3.63, 3.8) is 0 Å². The van der Waals surface area contributed by atoms with Gasteiger partial charge in [-0.25, -0.2) is 4.79 Å². The Morgan fingerprint density at radius 3 is 2.14 bits per heavy atom. The molecule has 0 radical (unpaired) electrons. The lowest BCUT2D eigenvalue weighted by atomic mass is 10.2. The summed E-state index contributed by atoms with van der Waals surface area (Å²) >= 11 is 0. The van der Waals surface area contributed by atoms with E-state index >= 15 is 0 Å². The van der Waals surface area contributed by atoms with Crippen LogP contribution in [-0.2, 0) is 24.1 Å². The molecule has 0 bridgehead atoms. The molecule has 0 saturated carbocycles. The number of carbonyl (C=O) groups is 2. The van der Waals surface area contributed by atoms with E-state index in [0.717, 1.165) is 38.4 Å². The Labute approximate surface area is 133 Å². The molecule has 0 aromatic rings. The smallest absolute Gasteiger partial charge is 0.339 e. The number of allylic oxidation sites excluding steroid dienone is 4. The highest BCUT2D eigenvalue weighted by Gasteiger charge is 2.11. The highest BCUT2D eigenvalue weighted by Crippen LogP contribution is 2.07. The van der Waals surface area contributed by atoms with Crippen molar-refractivity contribution < 1.29 is 24.1 Å². The molecule has 126 valence electrons. The minimum absolute atomic E-state index is 0.484. The standard InChI is InChI=1S/C17H28O5/c1-3-15-20-17(22-21-16(2)19)13-11-9-7-5-4-6-8-10-12-14-18/h6-9,14,17H,3-5,10-13,15H2,1-2H3/b8-6+,9-7+. The predicted molar refractivity (Wildman–Crippen MR) is 84.9 cm³/mol. The SMILES string of the molecule is CCCOC(CC/C=C/CC/C=C/CCC=O)OOC(C)=O. The van der Waals surface area contributed by atoms with Gasteiger partial charge in [-0.3, -0.25) is 4.89 Å². The quantitative estimate of drug-likeness (QED) is 0.122. The lowest BCUT2D eigenvalue weighted by Gasteiger charge is -2.15. The number of hydrogen-bond acceptors (Lipinski definition) is 5. The van der Waals surface area contributed by atoms with Crippen LogP contribution < -0.4 is 0 Å². The predicted octanol–water partition coefficient (Wildman–Crippen LogP) is 3.89. The first-order chi connectivity index (χ1) is 10.7. The van der Waals surface area contributed by atoms with E-state index in [1.807, 2.05) is 13.0 Å². The van der Waals surface area contributed by atoms with Crippen molar-refractivity contribution in [1.29, 1.82) is 0 Å². The molecular formula is C17H28O5.